The standard InChI is InChI=1S/C18H22N2O/c1-19-14-18(21)20-13-17(16-10-6-3-7-11-16)12-15-8-4-2-5-9-15/h2-11,17,19H,12-14H2,1H3,(H,20,21). The molecule has 1 amide bonds. The molecule has 2 N–H and O–H groups in total. The predicted molar refractivity (Wildman–Crippen MR) is 86.3 cm³/mol. The lowest BCUT2D eigenvalue weighted by Gasteiger charge is -2.18. The van der Waals surface area contributed by atoms with E-state index in [1.807, 2.05) is 24.3 Å². The van der Waals surface area contributed by atoms with Gasteiger partial charge in [-0.05, 0) is 24.6 Å². The normalized spacial score (nSPS) is 11.9. The third kappa shape index (κ3) is 5.04. The van der Waals surface area contributed by atoms with Crippen LogP contribution in [0.15, 0.2) is 60.7 Å². The molecule has 0 fully saturated rings. The smallest absolute Gasteiger partial charge is 0.233 e. The second kappa shape index (κ2) is 8.22. The van der Waals surface area contributed by atoms with E-state index in [0.29, 0.717) is 13.1 Å². The fraction of sp³-hybridized carbons (Fsp3) is 0.278. The number of hydrogen-bond donors (Lipinski definition) is 2. The van der Waals surface area contributed by atoms with Gasteiger partial charge in [0.25, 0.3) is 0 Å². The maximum absolute atomic E-state index is 11.7. The van der Waals surface area contributed by atoms with Gasteiger partial charge in [-0.15, -0.1) is 0 Å². The topological polar surface area (TPSA) is 41.1 Å². The van der Waals surface area contributed by atoms with Crippen molar-refractivity contribution in [2.45, 2.75) is 12.3 Å². The van der Waals surface area contributed by atoms with Crippen molar-refractivity contribution < 1.29 is 4.79 Å². The molecule has 0 saturated heterocycles. The first-order valence-corrected chi connectivity index (χ1v) is 7.29. The Bertz CT molecular complexity index is 540. The van der Waals surface area contributed by atoms with Crippen molar-refractivity contribution in [2.24, 2.45) is 0 Å². The molecule has 3 heteroatoms. The van der Waals surface area contributed by atoms with Crippen LogP contribution in [0.4, 0.5) is 0 Å². The van der Waals surface area contributed by atoms with E-state index in [-0.39, 0.29) is 11.8 Å². The van der Waals surface area contributed by atoms with Gasteiger partial charge >= 0.3 is 0 Å². The van der Waals surface area contributed by atoms with E-state index in [1.165, 1.54) is 11.1 Å². The van der Waals surface area contributed by atoms with Gasteiger partial charge in [0.2, 0.25) is 5.91 Å². The average Bonchev–Trinajstić information content (AvgIpc) is 2.53. The van der Waals surface area contributed by atoms with Gasteiger partial charge in [-0.1, -0.05) is 60.7 Å². The Balaban J connectivity index is 2.06. The van der Waals surface area contributed by atoms with Gasteiger partial charge in [0, 0.05) is 12.5 Å². The molecule has 0 bridgehead atoms. The zero-order valence-electron chi connectivity index (χ0n) is 12.4. The maximum Gasteiger partial charge on any atom is 0.233 e. The summed E-state index contributed by atoms with van der Waals surface area (Å²) in [5, 5.41) is 5.87. The SMILES string of the molecule is CNCC(=O)NCC(Cc1ccccc1)c1ccccc1. The molecule has 2 aromatic rings. The average molecular weight is 282 g/mol. The van der Waals surface area contributed by atoms with Gasteiger partial charge < -0.3 is 10.6 Å². The fourth-order valence-electron chi connectivity index (χ4n) is 2.39. The van der Waals surface area contributed by atoms with Crippen LogP contribution in [0.5, 0.6) is 0 Å². The molecule has 0 spiro atoms. The second-order valence-electron chi connectivity index (χ2n) is 5.13. The van der Waals surface area contributed by atoms with Crippen LogP contribution >= 0.6 is 0 Å². The van der Waals surface area contributed by atoms with Crippen LogP contribution in [0.3, 0.4) is 0 Å². The second-order valence-corrected chi connectivity index (χ2v) is 5.13. The van der Waals surface area contributed by atoms with Crippen molar-refractivity contribution in [2.75, 3.05) is 20.1 Å². The van der Waals surface area contributed by atoms with Crippen molar-refractivity contribution in [3.63, 3.8) is 0 Å². The Kier molecular flexibility index (Phi) is 5.98. The number of amides is 1. The summed E-state index contributed by atoms with van der Waals surface area (Å²) in [7, 11) is 1.78. The molecule has 0 heterocycles. The molecule has 1 atom stereocenters. The highest BCUT2D eigenvalue weighted by Crippen LogP contribution is 2.20. The minimum atomic E-state index is 0.0338. The summed E-state index contributed by atoms with van der Waals surface area (Å²) in [6.07, 6.45) is 0.921. The third-order valence-electron chi connectivity index (χ3n) is 3.48. The Morgan fingerprint density at radius 2 is 1.62 bits per heavy atom. The summed E-state index contributed by atoms with van der Waals surface area (Å²) in [5.41, 5.74) is 2.54. The molecule has 21 heavy (non-hydrogen) atoms. The van der Waals surface area contributed by atoms with E-state index in [0.717, 1.165) is 6.42 Å². The van der Waals surface area contributed by atoms with Gasteiger partial charge in [-0.25, -0.2) is 0 Å². The van der Waals surface area contributed by atoms with E-state index < -0.39 is 0 Å². The Morgan fingerprint density at radius 3 is 2.24 bits per heavy atom. The first-order valence-electron chi connectivity index (χ1n) is 7.29. The van der Waals surface area contributed by atoms with Crippen molar-refractivity contribution >= 4 is 5.91 Å². The number of likely N-dealkylation sites (N-methyl/N-ethyl adjacent to an activating group) is 1. The summed E-state index contributed by atoms with van der Waals surface area (Å²) >= 11 is 0. The van der Waals surface area contributed by atoms with Crippen LogP contribution in [-0.4, -0.2) is 26.0 Å². The molecule has 0 radical (unpaired) electrons. The lowest BCUT2D eigenvalue weighted by molar-refractivity contribution is -0.120. The predicted octanol–water partition coefficient (Wildman–Crippen LogP) is 2.35. The maximum atomic E-state index is 11.7. The van der Waals surface area contributed by atoms with Crippen LogP contribution in [0, 0.1) is 0 Å². The molecule has 110 valence electrons. The molecule has 2 aromatic carbocycles. The summed E-state index contributed by atoms with van der Waals surface area (Å²) < 4.78 is 0. The fourth-order valence-corrected chi connectivity index (χ4v) is 2.39. The van der Waals surface area contributed by atoms with Crippen LogP contribution in [0.1, 0.15) is 17.0 Å². The third-order valence-corrected chi connectivity index (χ3v) is 3.48. The van der Waals surface area contributed by atoms with E-state index in [2.05, 4.69) is 47.0 Å². The lowest BCUT2D eigenvalue weighted by atomic mass is 9.92. The van der Waals surface area contributed by atoms with Crippen molar-refractivity contribution in [3.8, 4) is 0 Å². The van der Waals surface area contributed by atoms with E-state index in [9.17, 15) is 4.79 Å². The monoisotopic (exact) mass is 282 g/mol. The Hall–Kier alpha value is -2.13. The first kappa shape index (κ1) is 15.3. The summed E-state index contributed by atoms with van der Waals surface area (Å²) in [5.74, 6) is 0.320. The summed E-state index contributed by atoms with van der Waals surface area (Å²) in [6.45, 7) is 1.01. The summed E-state index contributed by atoms with van der Waals surface area (Å²) in [4.78, 5) is 11.7. The van der Waals surface area contributed by atoms with Crippen molar-refractivity contribution in [1.29, 1.82) is 0 Å². The van der Waals surface area contributed by atoms with Gasteiger partial charge in [0.05, 0.1) is 6.54 Å². The van der Waals surface area contributed by atoms with E-state index >= 15 is 0 Å². The highest BCUT2D eigenvalue weighted by atomic mass is 16.1. The molecular weight excluding hydrogens is 260 g/mol. The highest BCUT2D eigenvalue weighted by Gasteiger charge is 2.13. The molecule has 1 unspecified atom stereocenters. The van der Waals surface area contributed by atoms with Crippen LogP contribution in [0.2, 0.25) is 0 Å². The van der Waals surface area contributed by atoms with E-state index in [1.54, 1.807) is 7.05 Å². The number of nitrogens with one attached hydrogen (secondary N) is 2. The minimum absolute atomic E-state index is 0.0338. The Labute approximate surface area is 126 Å². The van der Waals surface area contributed by atoms with E-state index in [4.69, 9.17) is 0 Å². The van der Waals surface area contributed by atoms with Gasteiger partial charge in [0.1, 0.15) is 0 Å². The zero-order valence-corrected chi connectivity index (χ0v) is 12.4. The van der Waals surface area contributed by atoms with Crippen LogP contribution in [-0.2, 0) is 11.2 Å². The molecule has 0 aliphatic heterocycles. The molecule has 2 rings (SSSR count). The minimum Gasteiger partial charge on any atom is -0.354 e. The number of rotatable bonds is 7. The van der Waals surface area contributed by atoms with Crippen LogP contribution < -0.4 is 10.6 Å². The highest BCUT2D eigenvalue weighted by molar-refractivity contribution is 5.78. The summed E-state index contributed by atoms with van der Waals surface area (Å²) in [6, 6.07) is 20.7. The largest absolute Gasteiger partial charge is 0.354 e. The molecule has 0 aliphatic rings. The quantitative estimate of drug-likeness (QED) is 0.818. The van der Waals surface area contributed by atoms with Crippen molar-refractivity contribution in [3.05, 3.63) is 71.8 Å². The molecule has 3 nitrogen and oxygen atoms in total. The Morgan fingerprint density at radius 1 is 1.00 bits per heavy atom. The molecular formula is C18H22N2O. The zero-order chi connectivity index (χ0) is 14.9. The number of benzene rings is 2. The molecule has 0 aromatic heterocycles. The lowest BCUT2D eigenvalue weighted by Crippen LogP contribution is -2.35. The number of hydrogen-bond acceptors (Lipinski definition) is 2. The van der Waals surface area contributed by atoms with Gasteiger partial charge in [-0.3, -0.25) is 4.79 Å². The van der Waals surface area contributed by atoms with Gasteiger partial charge in [0.15, 0.2) is 0 Å². The number of carbonyl (C=O) groups excluding carboxylic acids is 1. The molecule has 0 saturated carbocycles. The van der Waals surface area contributed by atoms with Crippen LogP contribution in [0.25, 0.3) is 0 Å². The first-order chi connectivity index (χ1) is 10.3. The molecule has 0 aliphatic carbocycles. The van der Waals surface area contributed by atoms with Gasteiger partial charge in [-0.2, -0.15) is 0 Å². The number of carbonyl (C=O) groups is 1. The van der Waals surface area contributed by atoms with Crippen molar-refractivity contribution in [1.82, 2.24) is 10.6 Å².